The number of benzene rings is 2. The molecule has 0 aliphatic carbocycles. The second-order valence-electron chi connectivity index (χ2n) is 8.77. The van der Waals surface area contributed by atoms with Gasteiger partial charge in [-0.25, -0.2) is 0 Å². The minimum atomic E-state index is -4.40. The molecule has 3 aromatic rings. The van der Waals surface area contributed by atoms with Crippen LogP contribution in [-0.2, 0) is 12.6 Å². The smallest absolute Gasteiger partial charge is 0.379 e. The summed E-state index contributed by atoms with van der Waals surface area (Å²) in [5.74, 6) is -0.282. The summed E-state index contributed by atoms with van der Waals surface area (Å²) < 4.78 is 40.0. The van der Waals surface area contributed by atoms with Crippen LogP contribution in [-0.4, -0.2) is 16.4 Å². The SMILES string of the molecule is CC(C)(C)CC(=O)n1sc(-c2ccccc2)c(NCCc2cccc(C(F)(F)F)c2)c1=O. The Morgan fingerprint density at radius 3 is 2.34 bits per heavy atom. The maximum absolute atomic E-state index is 13.1. The molecule has 170 valence electrons. The van der Waals surface area contributed by atoms with Crippen LogP contribution in [0.25, 0.3) is 10.4 Å². The molecule has 1 N–H and O–H groups in total. The van der Waals surface area contributed by atoms with E-state index < -0.39 is 17.3 Å². The molecule has 8 heteroatoms. The van der Waals surface area contributed by atoms with Crippen LogP contribution in [0, 0.1) is 5.41 Å². The fourth-order valence-corrected chi connectivity index (χ4v) is 4.26. The summed E-state index contributed by atoms with van der Waals surface area (Å²) in [6.45, 7) is 6.03. The molecule has 0 unspecified atom stereocenters. The lowest BCUT2D eigenvalue weighted by molar-refractivity contribution is -0.137. The molecule has 0 radical (unpaired) electrons. The molecule has 1 aromatic heterocycles. The third-order valence-electron chi connectivity index (χ3n) is 4.72. The Morgan fingerprint density at radius 1 is 1.03 bits per heavy atom. The minimum Gasteiger partial charge on any atom is -0.379 e. The van der Waals surface area contributed by atoms with Gasteiger partial charge in [0.2, 0.25) is 5.91 Å². The summed E-state index contributed by atoms with van der Waals surface area (Å²) in [4.78, 5) is 26.4. The Hall–Kier alpha value is -2.87. The van der Waals surface area contributed by atoms with Gasteiger partial charge < -0.3 is 5.32 Å². The zero-order valence-electron chi connectivity index (χ0n) is 18.1. The molecule has 0 spiro atoms. The van der Waals surface area contributed by atoms with E-state index in [9.17, 15) is 22.8 Å². The van der Waals surface area contributed by atoms with Crippen LogP contribution in [0.4, 0.5) is 18.9 Å². The maximum Gasteiger partial charge on any atom is 0.416 e. The molecule has 0 atom stereocenters. The summed E-state index contributed by atoms with van der Waals surface area (Å²) >= 11 is 1.08. The lowest BCUT2D eigenvalue weighted by atomic mass is 9.92. The molecule has 0 saturated carbocycles. The van der Waals surface area contributed by atoms with Crippen molar-refractivity contribution in [1.82, 2.24) is 3.96 Å². The van der Waals surface area contributed by atoms with Gasteiger partial charge in [0.15, 0.2) is 0 Å². The molecular formula is C24H25F3N2O2S. The highest BCUT2D eigenvalue weighted by Crippen LogP contribution is 2.32. The van der Waals surface area contributed by atoms with Crippen LogP contribution in [0.1, 0.15) is 43.1 Å². The molecule has 1 heterocycles. The summed E-state index contributed by atoms with van der Waals surface area (Å²) in [5.41, 5.74) is 0.171. The predicted molar refractivity (Wildman–Crippen MR) is 122 cm³/mol. The van der Waals surface area contributed by atoms with Crippen LogP contribution in [0.2, 0.25) is 0 Å². The number of anilines is 1. The quantitative estimate of drug-likeness (QED) is 0.466. The van der Waals surface area contributed by atoms with E-state index in [0.717, 1.165) is 29.2 Å². The molecule has 0 fully saturated rings. The Bertz CT molecular complexity index is 1140. The Balaban J connectivity index is 1.87. The number of nitrogens with one attached hydrogen (secondary N) is 1. The number of rotatable bonds is 6. The molecule has 0 aliphatic heterocycles. The number of hydrogen-bond acceptors (Lipinski definition) is 4. The number of carbonyl (C=O) groups excluding carboxylic acids is 1. The lowest BCUT2D eigenvalue weighted by Crippen LogP contribution is -2.26. The largest absolute Gasteiger partial charge is 0.416 e. The van der Waals surface area contributed by atoms with Gasteiger partial charge in [0, 0.05) is 13.0 Å². The van der Waals surface area contributed by atoms with Crippen molar-refractivity contribution in [2.45, 2.75) is 39.8 Å². The van der Waals surface area contributed by atoms with Crippen LogP contribution in [0.5, 0.6) is 0 Å². The van der Waals surface area contributed by atoms with E-state index >= 15 is 0 Å². The van der Waals surface area contributed by atoms with Gasteiger partial charge in [0.05, 0.1) is 10.4 Å². The summed E-state index contributed by atoms with van der Waals surface area (Å²) in [5, 5.41) is 3.07. The summed E-state index contributed by atoms with van der Waals surface area (Å²) in [6, 6.07) is 14.4. The molecule has 32 heavy (non-hydrogen) atoms. The van der Waals surface area contributed by atoms with Gasteiger partial charge in [0.1, 0.15) is 5.69 Å². The topological polar surface area (TPSA) is 51.1 Å². The zero-order valence-corrected chi connectivity index (χ0v) is 18.9. The average Bonchev–Trinajstić information content (AvgIpc) is 3.04. The van der Waals surface area contributed by atoms with E-state index in [-0.39, 0.29) is 30.0 Å². The molecule has 0 amide bonds. The highest BCUT2D eigenvalue weighted by Gasteiger charge is 2.30. The van der Waals surface area contributed by atoms with E-state index in [1.165, 1.54) is 10.0 Å². The van der Waals surface area contributed by atoms with Crippen LogP contribution in [0.3, 0.4) is 0 Å². The van der Waals surface area contributed by atoms with Gasteiger partial charge in [-0.2, -0.15) is 17.1 Å². The third kappa shape index (κ3) is 5.88. The molecular weight excluding hydrogens is 437 g/mol. The second-order valence-corrected chi connectivity index (χ2v) is 9.72. The van der Waals surface area contributed by atoms with E-state index in [0.29, 0.717) is 16.9 Å². The van der Waals surface area contributed by atoms with Crippen LogP contribution >= 0.6 is 11.5 Å². The fourth-order valence-electron chi connectivity index (χ4n) is 3.24. The molecule has 2 aromatic carbocycles. The number of hydrogen-bond donors (Lipinski definition) is 1. The molecule has 3 rings (SSSR count). The number of carbonyl (C=O) groups is 1. The van der Waals surface area contributed by atoms with Gasteiger partial charge in [-0.15, -0.1) is 0 Å². The van der Waals surface area contributed by atoms with Gasteiger partial charge in [-0.3, -0.25) is 9.59 Å². The van der Waals surface area contributed by atoms with Gasteiger partial charge in [-0.1, -0.05) is 69.3 Å². The number of alkyl halides is 3. The first-order valence-electron chi connectivity index (χ1n) is 10.2. The third-order valence-corrected chi connectivity index (χ3v) is 5.90. The van der Waals surface area contributed by atoms with Crippen LogP contribution in [0.15, 0.2) is 59.4 Å². The average molecular weight is 463 g/mol. The standard InChI is InChI=1S/C24H25F3N2O2S/c1-23(2,3)15-19(30)29-22(31)20(21(32-29)17-9-5-4-6-10-17)28-13-12-16-8-7-11-18(14-16)24(25,26)27/h4-11,14,28H,12-13,15H2,1-3H3. The van der Waals surface area contributed by atoms with Gasteiger partial charge in [-0.05, 0) is 40.6 Å². The maximum atomic E-state index is 13.1. The number of aromatic nitrogens is 1. The van der Waals surface area contributed by atoms with Gasteiger partial charge >= 0.3 is 6.18 Å². The van der Waals surface area contributed by atoms with Crippen molar-refractivity contribution in [2.75, 3.05) is 11.9 Å². The van der Waals surface area contributed by atoms with Crippen LogP contribution < -0.4 is 10.9 Å². The first-order valence-corrected chi connectivity index (χ1v) is 11.0. The highest BCUT2D eigenvalue weighted by molar-refractivity contribution is 7.12. The first kappa shape index (κ1) is 23.8. The normalized spacial score (nSPS) is 12.1. The van der Waals surface area contributed by atoms with E-state index in [1.807, 2.05) is 51.1 Å². The Labute approximate surface area is 188 Å². The second kappa shape index (κ2) is 9.32. The fraction of sp³-hybridized carbons (Fsp3) is 0.333. The monoisotopic (exact) mass is 462 g/mol. The van der Waals surface area contributed by atoms with Crippen molar-refractivity contribution in [3.63, 3.8) is 0 Å². The zero-order chi connectivity index (χ0) is 23.5. The predicted octanol–water partition coefficient (Wildman–Crippen LogP) is 6.33. The van der Waals surface area contributed by atoms with Crippen molar-refractivity contribution in [1.29, 1.82) is 0 Å². The van der Waals surface area contributed by atoms with E-state index in [1.54, 1.807) is 6.07 Å². The minimum absolute atomic E-state index is 0.214. The van der Waals surface area contributed by atoms with Crippen molar-refractivity contribution < 1.29 is 18.0 Å². The molecule has 0 aliphatic rings. The summed E-state index contributed by atoms with van der Waals surface area (Å²) in [7, 11) is 0. The molecule has 0 saturated heterocycles. The number of nitrogens with zero attached hydrogens (tertiary/aromatic N) is 1. The highest BCUT2D eigenvalue weighted by atomic mass is 32.1. The first-order chi connectivity index (χ1) is 15.0. The van der Waals surface area contributed by atoms with E-state index in [2.05, 4.69) is 5.32 Å². The molecule has 4 nitrogen and oxygen atoms in total. The Morgan fingerprint density at radius 2 is 1.72 bits per heavy atom. The van der Waals surface area contributed by atoms with Crippen molar-refractivity contribution in [3.8, 4) is 10.4 Å². The molecule has 0 bridgehead atoms. The van der Waals surface area contributed by atoms with Gasteiger partial charge in [0.25, 0.3) is 5.56 Å². The van der Waals surface area contributed by atoms with Crippen molar-refractivity contribution in [2.24, 2.45) is 5.41 Å². The van der Waals surface area contributed by atoms with Crippen molar-refractivity contribution in [3.05, 3.63) is 76.1 Å². The Kier molecular flexibility index (Phi) is 6.93. The summed E-state index contributed by atoms with van der Waals surface area (Å²) in [6.07, 6.45) is -3.90. The van der Waals surface area contributed by atoms with E-state index in [4.69, 9.17) is 0 Å². The number of halogens is 3. The van der Waals surface area contributed by atoms with Crippen molar-refractivity contribution >= 4 is 23.1 Å². The lowest BCUT2D eigenvalue weighted by Gasteiger charge is -2.15.